The molecule has 0 radical (unpaired) electrons. The minimum atomic E-state index is 0.0195. The zero-order chi connectivity index (χ0) is 14.8. The van der Waals surface area contributed by atoms with Crippen LogP contribution in [-0.2, 0) is 6.42 Å². The van der Waals surface area contributed by atoms with Gasteiger partial charge in [0.2, 0.25) is 0 Å². The van der Waals surface area contributed by atoms with Crippen LogP contribution in [0.3, 0.4) is 0 Å². The summed E-state index contributed by atoms with van der Waals surface area (Å²) in [6.45, 7) is 5.89. The van der Waals surface area contributed by atoms with Crippen molar-refractivity contribution >= 4 is 16.8 Å². The highest BCUT2D eigenvalue weighted by atomic mass is 16.1. The second-order valence-electron chi connectivity index (χ2n) is 4.98. The Bertz CT molecular complexity index is 860. The fourth-order valence-electron chi connectivity index (χ4n) is 2.73. The predicted octanol–water partition coefficient (Wildman–Crippen LogP) is 4.20. The van der Waals surface area contributed by atoms with Crippen molar-refractivity contribution in [2.45, 2.75) is 13.3 Å². The topological polar surface area (TPSA) is 22.0 Å². The third-order valence-corrected chi connectivity index (χ3v) is 3.75. The van der Waals surface area contributed by atoms with Crippen LogP contribution in [0.25, 0.3) is 22.5 Å². The van der Waals surface area contributed by atoms with Crippen LogP contribution in [0.15, 0.2) is 66.0 Å². The van der Waals surface area contributed by atoms with Crippen LogP contribution in [0.2, 0.25) is 0 Å². The standard InChI is InChI=1S/C19H17NO/c1-3-14-9-8-10-15-13-16(4-2)20(19(21)18(14)15)17-11-6-5-7-12-17/h3,5-13H,1,4H2,2H3. The SMILES string of the molecule is C=Cc1cccc2cc(CC)n(-c3ccccc3)c(=O)c12. The van der Waals surface area contributed by atoms with Gasteiger partial charge < -0.3 is 0 Å². The number of rotatable bonds is 3. The van der Waals surface area contributed by atoms with E-state index in [1.54, 1.807) is 10.6 Å². The lowest BCUT2D eigenvalue weighted by Crippen LogP contribution is -2.22. The molecule has 0 unspecified atom stereocenters. The number of fused-ring (bicyclic) bond motifs is 1. The van der Waals surface area contributed by atoms with Gasteiger partial charge in [0.1, 0.15) is 0 Å². The van der Waals surface area contributed by atoms with Gasteiger partial charge in [-0.2, -0.15) is 0 Å². The minimum Gasteiger partial charge on any atom is -0.281 e. The van der Waals surface area contributed by atoms with E-state index in [0.29, 0.717) is 0 Å². The van der Waals surface area contributed by atoms with E-state index in [2.05, 4.69) is 19.6 Å². The molecule has 3 aromatic rings. The summed E-state index contributed by atoms with van der Waals surface area (Å²) in [4.78, 5) is 13.0. The smallest absolute Gasteiger partial charge is 0.263 e. The summed E-state index contributed by atoms with van der Waals surface area (Å²) in [6, 6.07) is 17.7. The predicted molar refractivity (Wildman–Crippen MR) is 89.0 cm³/mol. The summed E-state index contributed by atoms with van der Waals surface area (Å²) < 4.78 is 1.80. The molecular formula is C19H17NO. The van der Waals surface area contributed by atoms with Gasteiger partial charge in [0.15, 0.2) is 0 Å². The van der Waals surface area contributed by atoms with Crippen LogP contribution in [0, 0.1) is 0 Å². The van der Waals surface area contributed by atoms with Gasteiger partial charge in [-0.1, -0.05) is 56.0 Å². The minimum absolute atomic E-state index is 0.0195. The normalized spacial score (nSPS) is 10.7. The van der Waals surface area contributed by atoms with Gasteiger partial charge in [-0.05, 0) is 35.6 Å². The number of aryl methyl sites for hydroxylation is 1. The van der Waals surface area contributed by atoms with E-state index in [-0.39, 0.29) is 5.56 Å². The van der Waals surface area contributed by atoms with Gasteiger partial charge in [0, 0.05) is 11.4 Å². The largest absolute Gasteiger partial charge is 0.281 e. The van der Waals surface area contributed by atoms with Crippen molar-refractivity contribution in [1.82, 2.24) is 4.57 Å². The first-order valence-electron chi connectivity index (χ1n) is 7.11. The van der Waals surface area contributed by atoms with E-state index in [0.717, 1.165) is 34.1 Å². The molecular weight excluding hydrogens is 258 g/mol. The van der Waals surface area contributed by atoms with Crippen molar-refractivity contribution in [2.24, 2.45) is 0 Å². The van der Waals surface area contributed by atoms with Crippen LogP contribution >= 0.6 is 0 Å². The van der Waals surface area contributed by atoms with E-state index in [1.165, 1.54) is 0 Å². The Morgan fingerprint density at radius 3 is 2.52 bits per heavy atom. The monoisotopic (exact) mass is 275 g/mol. The molecule has 0 fully saturated rings. The number of hydrogen-bond acceptors (Lipinski definition) is 1. The van der Waals surface area contributed by atoms with Gasteiger partial charge >= 0.3 is 0 Å². The number of nitrogens with zero attached hydrogens (tertiary/aromatic N) is 1. The van der Waals surface area contributed by atoms with Crippen molar-refractivity contribution in [3.63, 3.8) is 0 Å². The third-order valence-electron chi connectivity index (χ3n) is 3.75. The molecule has 3 rings (SSSR count). The molecule has 2 nitrogen and oxygen atoms in total. The Kier molecular flexibility index (Phi) is 3.44. The molecule has 0 aliphatic rings. The maximum Gasteiger partial charge on any atom is 0.263 e. The van der Waals surface area contributed by atoms with Crippen LogP contribution in [0.4, 0.5) is 0 Å². The molecule has 0 atom stereocenters. The Balaban J connectivity index is 2.47. The second kappa shape index (κ2) is 5.41. The van der Waals surface area contributed by atoms with Gasteiger partial charge in [0.25, 0.3) is 5.56 Å². The molecule has 1 heterocycles. The highest BCUT2D eigenvalue weighted by Crippen LogP contribution is 2.20. The maximum absolute atomic E-state index is 13.0. The molecule has 0 amide bonds. The number of aromatic nitrogens is 1. The van der Waals surface area contributed by atoms with Crippen molar-refractivity contribution in [1.29, 1.82) is 0 Å². The molecule has 0 N–H and O–H groups in total. The Morgan fingerprint density at radius 1 is 1.10 bits per heavy atom. The zero-order valence-corrected chi connectivity index (χ0v) is 12.0. The number of pyridine rings is 1. The van der Waals surface area contributed by atoms with Crippen molar-refractivity contribution in [3.8, 4) is 5.69 Å². The van der Waals surface area contributed by atoms with Crippen LogP contribution in [0.1, 0.15) is 18.2 Å². The highest BCUT2D eigenvalue weighted by molar-refractivity contribution is 5.90. The van der Waals surface area contributed by atoms with Gasteiger partial charge in [-0.25, -0.2) is 0 Å². The Labute approximate surface area is 124 Å². The van der Waals surface area contributed by atoms with Gasteiger partial charge in [-0.15, -0.1) is 0 Å². The Hall–Kier alpha value is -2.61. The van der Waals surface area contributed by atoms with E-state index in [4.69, 9.17) is 0 Å². The highest BCUT2D eigenvalue weighted by Gasteiger charge is 2.11. The number of benzene rings is 2. The molecule has 0 aliphatic heterocycles. The lowest BCUT2D eigenvalue weighted by atomic mass is 10.0. The average Bonchev–Trinajstić information content (AvgIpc) is 2.54. The summed E-state index contributed by atoms with van der Waals surface area (Å²) in [5, 5.41) is 1.70. The molecule has 0 saturated heterocycles. The summed E-state index contributed by atoms with van der Waals surface area (Å²) >= 11 is 0. The van der Waals surface area contributed by atoms with E-state index in [1.807, 2.05) is 48.5 Å². The van der Waals surface area contributed by atoms with Crippen molar-refractivity contribution < 1.29 is 0 Å². The molecule has 21 heavy (non-hydrogen) atoms. The maximum atomic E-state index is 13.0. The summed E-state index contributed by atoms with van der Waals surface area (Å²) in [6.07, 6.45) is 2.54. The van der Waals surface area contributed by atoms with Crippen LogP contribution < -0.4 is 5.56 Å². The molecule has 0 bridgehead atoms. The second-order valence-corrected chi connectivity index (χ2v) is 4.98. The number of hydrogen-bond donors (Lipinski definition) is 0. The quantitative estimate of drug-likeness (QED) is 0.702. The zero-order valence-electron chi connectivity index (χ0n) is 12.0. The molecule has 104 valence electrons. The summed E-state index contributed by atoms with van der Waals surface area (Å²) in [5.74, 6) is 0. The molecule has 2 heteroatoms. The lowest BCUT2D eigenvalue weighted by Gasteiger charge is -2.14. The fourth-order valence-corrected chi connectivity index (χ4v) is 2.73. The van der Waals surface area contributed by atoms with Crippen LogP contribution in [-0.4, -0.2) is 4.57 Å². The molecule has 2 aromatic carbocycles. The van der Waals surface area contributed by atoms with Crippen molar-refractivity contribution in [2.75, 3.05) is 0 Å². The first-order chi connectivity index (χ1) is 10.3. The van der Waals surface area contributed by atoms with E-state index in [9.17, 15) is 4.79 Å². The molecule has 1 aromatic heterocycles. The summed E-state index contributed by atoms with van der Waals surface area (Å²) in [5.41, 5.74) is 2.82. The average molecular weight is 275 g/mol. The van der Waals surface area contributed by atoms with Crippen molar-refractivity contribution in [3.05, 3.63) is 82.8 Å². The first-order valence-corrected chi connectivity index (χ1v) is 7.11. The summed E-state index contributed by atoms with van der Waals surface area (Å²) in [7, 11) is 0. The molecule has 0 aliphatic carbocycles. The van der Waals surface area contributed by atoms with Gasteiger partial charge in [0.05, 0.1) is 5.39 Å². The number of para-hydroxylation sites is 1. The molecule has 0 spiro atoms. The third kappa shape index (κ3) is 2.19. The first kappa shape index (κ1) is 13.4. The van der Waals surface area contributed by atoms with Gasteiger partial charge in [-0.3, -0.25) is 9.36 Å². The fraction of sp³-hybridized carbons (Fsp3) is 0.105. The Morgan fingerprint density at radius 2 is 1.86 bits per heavy atom. The van der Waals surface area contributed by atoms with E-state index >= 15 is 0 Å². The molecule has 0 saturated carbocycles. The lowest BCUT2D eigenvalue weighted by molar-refractivity contribution is 0.889. The van der Waals surface area contributed by atoms with Crippen LogP contribution in [0.5, 0.6) is 0 Å². The van der Waals surface area contributed by atoms with E-state index < -0.39 is 0 Å².